The van der Waals surface area contributed by atoms with E-state index in [9.17, 15) is 4.79 Å². The van der Waals surface area contributed by atoms with Gasteiger partial charge in [-0.15, -0.1) is 0 Å². The van der Waals surface area contributed by atoms with E-state index in [0.717, 1.165) is 37.5 Å². The van der Waals surface area contributed by atoms with Crippen molar-refractivity contribution in [3.8, 4) is 0 Å². The minimum atomic E-state index is 0.0328. The lowest BCUT2D eigenvalue weighted by Crippen LogP contribution is -2.41. The molecule has 0 aromatic heterocycles. The number of amides is 2. The molecule has 0 bridgehead atoms. The molecule has 110 valence electrons. The van der Waals surface area contributed by atoms with Crippen LogP contribution in [0.25, 0.3) is 0 Å². The van der Waals surface area contributed by atoms with Gasteiger partial charge < -0.3 is 10.2 Å². The van der Waals surface area contributed by atoms with E-state index in [1.54, 1.807) is 0 Å². The van der Waals surface area contributed by atoms with Crippen LogP contribution < -0.4 is 5.32 Å². The molecule has 0 saturated carbocycles. The Labute approximate surface area is 122 Å². The van der Waals surface area contributed by atoms with Gasteiger partial charge in [0.05, 0.1) is 0 Å². The fourth-order valence-corrected chi connectivity index (χ4v) is 2.93. The average Bonchev–Trinajstić information content (AvgIpc) is 2.39. The number of anilines is 1. The second kappa shape index (κ2) is 6.29. The minimum Gasteiger partial charge on any atom is -0.325 e. The summed E-state index contributed by atoms with van der Waals surface area (Å²) in [4.78, 5) is 14.1. The van der Waals surface area contributed by atoms with Crippen LogP contribution in [-0.2, 0) is 0 Å². The molecule has 3 nitrogen and oxygen atoms in total. The fraction of sp³-hybridized carbons (Fsp3) is 0.588. The van der Waals surface area contributed by atoms with Crippen LogP contribution in [0.2, 0.25) is 0 Å². The van der Waals surface area contributed by atoms with Crippen LogP contribution in [-0.4, -0.2) is 24.0 Å². The van der Waals surface area contributed by atoms with Gasteiger partial charge in [0, 0.05) is 18.8 Å². The van der Waals surface area contributed by atoms with Gasteiger partial charge in [0.25, 0.3) is 0 Å². The normalized spacial score (nSPS) is 17.1. The van der Waals surface area contributed by atoms with E-state index in [1.165, 1.54) is 6.42 Å². The summed E-state index contributed by atoms with van der Waals surface area (Å²) in [5, 5.41) is 2.96. The molecule has 0 aliphatic carbocycles. The van der Waals surface area contributed by atoms with Gasteiger partial charge in [-0.2, -0.15) is 0 Å². The molecule has 1 aliphatic heterocycles. The number of benzene rings is 1. The first kappa shape index (κ1) is 14.9. The van der Waals surface area contributed by atoms with Crippen LogP contribution in [0.4, 0.5) is 10.5 Å². The van der Waals surface area contributed by atoms with Crippen LogP contribution in [0.3, 0.4) is 0 Å². The smallest absolute Gasteiger partial charge is 0.321 e. The molecule has 2 rings (SSSR count). The highest BCUT2D eigenvalue weighted by Gasteiger charge is 2.25. The van der Waals surface area contributed by atoms with Gasteiger partial charge in [-0.25, -0.2) is 4.79 Å². The number of nitrogens with one attached hydrogen (secondary N) is 1. The largest absolute Gasteiger partial charge is 0.325 e. The summed E-state index contributed by atoms with van der Waals surface area (Å²) in [6, 6.07) is 9.70. The molecule has 20 heavy (non-hydrogen) atoms. The molecule has 3 heteroatoms. The zero-order valence-electron chi connectivity index (χ0n) is 12.9. The van der Waals surface area contributed by atoms with E-state index in [2.05, 4.69) is 26.1 Å². The predicted molar refractivity (Wildman–Crippen MR) is 83.8 cm³/mol. The Hall–Kier alpha value is -1.51. The molecule has 1 N–H and O–H groups in total. The highest BCUT2D eigenvalue weighted by molar-refractivity contribution is 5.89. The van der Waals surface area contributed by atoms with Crippen molar-refractivity contribution in [3.05, 3.63) is 30.3 Å². The molecule has 1 saturated heterocycles. The number of nitrogens with zero attached hydrogens (tertiary/aromatic N) is 1. The van der Waals surface area contributed by atoms with Crippen molar-refractivity contribution in [3.63, 3.8) is 0 Å². The van der Waals surface area contributed by atoms with E-state index in [4.69, 9.17) is 0 Å². The van der Waals surface area contributed by atoms with Gasteiger partial charge in [-0.05, 0) is 42.7 Å². The number of rotatable bonds is 2. The molecule has 1 aliphatic rings. The zero-order valence-corrected chi connectivity index (χ0v) is 12.9. The number of para-hydroxylation sites is 1. The molecular formula is C17H26N2O. The summed E-state index contributed by atoms with van der Waals surface area (Å²) in [6.45, 7) is 8.63. The van der Waals surface area contributed by atoms with Crippen LogP contribution >= 0.6 is 0 Å². The van der Waals surface area contributed by atoms with E-state index >= 15 is 0 Å². The third-order valence-corrected chi connectivity index (χ3v) is 3.83. The summed E-state index contributed by atoms with van der Waals surface area (Å²) in [6.07, 6.45) is 3.50. The van der Waals surface area contributed by atoms with E-state index in [0.29, 0.717) is 5.41 Å². The van der Waals surface area contributed by atoms with E-state index < -0.39 is 0 Å². The number of hydrogen-bond donors (Lipinski definition) is 1. The van der Waals surface area contributed by atoms with Crippen LogP contribution in [0.5, 0.6) is 0 Å². The van der Waals surface area contributed by atoms with E-state index in [-0.39, 0.29) is 6.03 Å². The predicted octanol–water partition coefficient (Wildman–Crippen LogP) is 4.37. The van der Waals surface area contributed by atoms with Crippen LogP contribution in [0.15, 0.2) is 30.3 Å². The maximum absolute atomic E-state index is 12.2. The van der Waals surface area contributed by atoms with Gasteiger partial charge >= 0.3 is 6.03 Å². The van der Waals surface area contributed by atoms with Crippen molar-refractivity contribution in [1.82, 2.24) is 4.90 Å². The lowest BCUT2D eigenvalue weighted by atomic mass is 9.80. The second-order valence-electron chi connectivity index (χ2n) is 6.99. The van der Waals surface area contributed by atoms with Crippen molar-refractivity contribution in [1.29, 1.82) is 0 Å². The summed E-state index contributed by atoms with van der Waals surface area (Å²) < 4.78 is 0. The average molecular weight is 274 g/mol. The summed E-state index contributed by atoms with van der Waals surface area (Å²) in [5.41, 5.74) is 1.26. The number of likely N-dealkylation sites (tertiary alicyclic amines) is 1. The summed E-state index contributed by atoms with van der Waals surface area (Å²) in [5.74, 6) is 0.760. The Morgan fingerprint density at radius 2 is 1.80 bits per heavy atom. The van der Waals surface area contributed by atoms with Crippen molar-refractivity contribution in [2.24, 2.45) is 11.3 Å². The molecular weight excluding hydrogens is 248 g/mol. The first-order chi connectivity index (χ1) is 9.44. The van der Waals surface area contributed by atoms with Crippen LogP contribution in [0, 0.1) is 11.3 Å². The number of carbonyl (C=O) groups excluding carboxylic acids is 1. The minimum absolute atomic E-state index is 0.0328. The van der Waals surface area contributed by atoms with Gasteiger partial charge in [-0.3, -0.25) is 0 Å². The number of piperidine rings is 1. The first-order valence-corrected chi connectivity index (χ1v) is 7.55. The SMILES string of the molecule is CC(C)(C)CC1CCN(C(=O)Nc2ccccc2)CC1. The van der Waals surface area contributed by atoms with Crippen molar-refractivity contribution >= 4 is 11.7 Å². The molecule has 0 spiro atoms. The molecule has 0 atom stereocenters. The van der Waals surface area contributed by atoms with Gasteiger partial charge in [0.2, 0.25) is 0 Å². The highest BCUT2D eigenvalue weighted by Crippen LogP contribution is 2.30. The third-order valence-electron chi connectivity index (χ3n) is 3.83. The molecule has 1 aromatic rings. The Morgan fingerprint density at radius 3 is 2.35 bits per heavy atom. The highest BCUT2D eigenvalue weighted by atomic mass is 16.2. The molecule has 1 aromatic carbocycles. The van der Waals surface area contributed by atoms with Crippen molar-refractivity contribution in [2.75, 3.05) is 18.4 Å². The molecule has 2 amide bonds. The quantitative estimate of drug-likeness (QED) is 0.853. The van der Waals surface area contributed by atoms with Gasteiger partial charge in [0.15, 0.2) is 0 Å². The van der Waals surface area contributed by atoms with E-state index in [1.807, 2.05) is 35.2 Å². The maximum atomic E-state index is 12.2. The Balaban J connectivity index is 1.80. The third kappa shape index (κ3) is 4.55. The van der Waals surface area contributed by atoms with Crippen LogP contribution in [0.1, 0.15) is 40.0 Å². The number of carbonyl (C=O) groups is 1. The lowest BCUT2D eigenvalue weighted by molar-refractivity contribution is 0.162. The zero-order chi connectivity index (χ0) is 14.6. The second-order valence-corrected chi connectivity index (χ2v) is 6.99. The Kier molecular flexibility index (Phi) is 4.69. The topological polar surface area (TPSA) is 32.3 Å². The lowest BCUT2D eigenvalue weighted by Gasteiger charge is -2.34. The monoisotopic (exact) mass is 274 g/mol. The van der Waals surface area contributed by atoms with Crippen molar-refractivity contribution < 1.29 is 4.79 Å². The Bertz CT molecular complexity index is 428. The number of hydrogen-bond acceptors (Lipinski definition) is 1. The first-order valence-electron chi connectivity index (χ1n) is 7.55. The fourth-order valence-electron chi connectivity index (χ4n) is 2.93. The van der Waals surface area contributed by atoms with Crippen molar-refractivity contribution in [2.45, 2.75) is 40.0 Å². The van der Waals surface area contributed by atoms with Gasteiger partial charge in [0.1, 0.15) is 0 Å². The van der Waals surface area contributed by atoms with Gasteiger partial charge in [-0.1, -0.05) is 39.0 Å². The molecule has 0 unspecified atom stereocenters. The molecule has 1 heterocycles. The standard InChI is InChI=1S/C17H26N2O/c1-17(2,3)13-14-9-11-19(12-10-14)16(20)18-15-7-5-4-6-8-15/h4-8,14H,9-13H2,1-3H3,(H,18,20). The maximum Gasteiger partial charge on any atom is 0.321 e. The summed E-state index contributed by atoms with van der Waals surface area (Å²) >= 11 is 0. The number of urea groups is 1. The molecule has 0 radical (unpaired) electrons. The summed E-state index contributed by atoms with van der Waals surface area (Å²) in [7, 11) is 0. The Morgan fingerprint density at radius 1 is 1.20 bits per heavy atom. The molecule has 1 fully saturated rings.